The van der Waals surface area contributed by atoms with Crippen molar-refractivity contribution in [2.75, 3.05) is 13.7 Å². The number of hydrogen-bond acceptors (Lipinski definition) is 1. The van der Waals surface area contributed by atoms with Crippen LogP contribution in [-0.4, -0.2) is 13.7 Å². The monoisotopic (exact) mass is 172 g/mol. The van der Waals surface area contributed by atoms with E-state index in [0.717, 1.165) is 18.4 Å². The van der Waals surface area contributed by atoms with Crippen LogP contribution in [0.25, 0.3) is 0 Å². The highest BCUT2D eigenvalue weighted by Crippen LogP contribution is 2.18. The minimum absolute atomic E-state index is 0.732. The molecule has 0 bridgehead atoms. The predicted octanol–water partition coefficient (Wildman–Crippen LogP) is 3.49. The van der Waals surface area contributed by atoms with Crippen LogP contribution in [0.1, 0.15) is 46.5 Å². The van der Waals surface area contributed by atoms with Crippen molar-refractivity contribution in [1.82, 2.24) is 0 Å². The van der Waals surface area contributed by atoms with Crippen molar-refractivity contribution in [1.29, 1.82) is 0 Å². The van der Waals surface area contributed by atoms with Crippen LogP contribution in [0.2, 0.25) is 0 Å². The average Bonchev–Trinajstić information content (AvgIpc) is 2.07. The first-order valence-corrected chi connectivity index (χ1v) is 5.23. The number of ether oxygens (including phenoxy) is 1. The van der Waals surface area contributed by atoms with Crippen LogP contribution >= 0.6 is 0 Å². The van der Waals surface area contributed by atoms with E-state index in [1.165, 1.54) is 25.7 Å². The molecule has 12 heavy (non-hydrogen) atoms. The first kappa shape index (κ1) is 12.0. The van der Waals surface area contributed by atoms with Crippen molar-refractivity contribution in [2.24, 2.45) is 11.8 Å². The third-order valence-electron chi connectivity index (χ3n) is 2.67. The standard InChI is InChI=1S/C11H24O/c1-5-11(6-2)8-7-10(3)9-12-4/h10-11H,5-9H2,1-4H3. The maximum atomic E-state index is 5.10. The molecule has 0 rings (SSSR count). The molecule has 1 atom stereocenters. The number of methoxy groups -OCH3 is 1. The van der Waals surface area contributed by atoms with Gasteiger partial charge in [-0.2, -0.15) is 0 Å². The van der Waals surface area contributed by atoms with Gasteiger partial charge in [0.2, 0.25) is 0 Å². The third-order valence-corrected chi connectivity index (χ3v) is 2.67. The van der Waals surface area contributed by atoms with E-state index in [9.17, 15) is 0 Å². The summed E-state index contributed by atoms with van der Waals surface area (Å²) in [4.78, 5) is 0. The maximum Gasteiger partial charge on any atom is 0.0487 e. The van der Waals surface area contributed by atoms with E-state index in [1.54, 1.807) is 7.11 Å². The summed E-state index contributed by atoms with van der Waals surface area (Å²) in [6.45, 7) is 7.76. The second-order valence-electron chi connectivity index (χ2n) is 3.82. The fourth-order valence-corrected chi connectivity index (χ4v) is 1.58. The van der Waals surface area contributed by atoms with Gasteiger partial charge in [-0.3, -0.25) is 0 Å². The molecule has 0 spiro atoms. The van der Waals surface area contributed by atoms with Gasteiger partial charge >= 0.3 is 0 Å². The summed E-state index contributed by atoms with van der Waals surface area (Å²) in [5.74, 6) is 1.67. The van der Waals surface area contributed by atoms with E-state index in [1.807, 2.05) is 0 Å². The molecule has 0 N–H and O–H groups in total. The molecule has 0 saturated carbocycles. The molecular weight excluding hydrogens is 148 g/mol. The van der Waals surface area contributed by atoms with Gasteiger partial charge in [0.25, 0.3) is 0 Å². The lowest BCUT2D eigenvalue weighted by Gasteiger charge is -2.15. The Kier molecular flexibility index (Phi) is 7.58. The maximum absolute atomic E-state index is 5.10. The van der Waals surface area contributed by atoms with Crippen LogP contribution in [0.5, 0.6) is 0 Å². The number of hydrogen-bond donors (Lipinski definition) is 0. The average molecular weight is 172 g/mol. The zero-order valence-electron chi connectivity index (χ0n) is 9.10. The van der Waals surface area contributed by atoms with Gasteiger partial charge in [-0.05, 0) is 18.3 Å². The van der Waals surface area contributed by atoms with Crippen LogP contribution in [0.4, 0.5) is 0 Å². The van der Waals surface area contributed by atoms with Gasteiger partial charge in [0.15, 0.2) is 0 Å². The normalized spacial score (nSPS) is 13.8. The van der Waals surface area contributed by atoms with Crippen molar-refractivity contribution < 1.29 is 4.74 Å². The van der Waals surface area contributed by atoms with Crippen LogP contribution in [0.15, 0.2) is 0 Å². The number of rotatable bonds is 7. The Morgan fingerprint density at radius 1 is 1.08 bits per heavy atom. The lowest BCUT2D eigenvalue weighted by molar-refractivity contribution is 0.151. The van der Waals surface area contributed by atoms with E-state index in [-0.39, 0.29) is 0 Å². The molecule has 0 aliphatic heterocycles. The second-order valence-corrected chi connectivity index (χ2v) is 3.82. The first-order chi connectivity index (χ1) is 5.74. The fraction of sp³-hybridized carbons (Fsp3) is 1.00. The molecule has 0 aliphatic carbocycles. The minimum Gasteiger partial charge on any atom is -0.384 e. The molecule has 74 valence electrons. The molecule has 0 radical (unpaired) electrons. The van der Waals surface area contributed by atoms with Crippen molar-refractivity contribution in [3.63, 3.8) is 0 Å². The first-order valence-electron chi connectivity index (χ1n) is 5.23. The van der Waals surface area contributed by atoms with Gasteiger partial charge in [-0.15, -0.1) is 0 Å². The molecule has 0 amide bonds. The Balaban J connectivity index is 3.37. The van der Waals surface area contributed by atoms with E-state index in [4.69, 9.17) is 4.74 Å². The summed E-state index contributed by atoms with van der Waals surface area (Å²) in [6, 6.07) is 0. The topological polar surface area (TPSA) is 9.23 Å². The Labute approximate surface area is 77.5 Å². The summed E-state index contributed by atoms with van der Waals surface area (Å²) >= 11 is 0. The summed E-state index contributed by atoms with van der Waals surface area (Å²) in [7, 11) is 1.79. The third kappa shape index (κ3) is 5.59. The van der Waals surface area contributed by atoms with Gasteiger partial charge in [0.1, 0.15) is 0 Å². The van der Waals surface area contributed by atoms with Gasteiger partial charge in [-0.25, -0.2) is 0 Å². The van der Waals surface area contributed by atoms with Crippen LogP contribution in [0.3, 0.4) is 0 Å². The lowest BCUT2D eigenvalue weighted by atomic mass is 9.93. The van der Waals surface area contributed by atoms with Gasteiger partial charge in [0, 0.05) is 13.7 Å². The van der Waals surface area contributed by atoms with Gasteiger partial charge < -0.3 is 4.74 Å². The largest absolute Gasteiger partial charge is 0.384 e. The van der Waals surface area contributed by atoms with Crippen LogP contribution < -0.4 is 0 Å². The SMILES string of the molecule is CCC(CC)CCC(C)COC. The summed E-state index contributed by atoms with van der Waals surface area (Å²) in [5, 5.41) is 0. The van der Waals surface area contributed by atoms with Crippen molar-refractivity contribution >= 4 is 0 Å². The summed E-state index contributed by atoms with van der Waals surface area (Å²) in [5.41, 5.74) is 0. The summed E-state index contributed by atoms with van der Waals surface area (Å²) < 4.78 is 5.10. The van der Waals surface area contributed by atoms with E-state index < -0.39 is 0 Å². The Hall–Kier alpha value is -0.0400. The smallest absolute Gasteiger partial charge is 0.0487 e. The molecule has 0 aromatic rings. The van der Waals surface area contributed by atoms with Crippen molar-refractivity contribution in [2.45, 2.75) is 46.5 Å². The molecule has 1 heteroatoms. The van der Waals surface area contributed by atoms with Crippen molar-refractivity contribution in [3.05, 3.63) is 0 Å². The molecule has 1 unspecified atom stereocenters. The van der Waals surface area contributed by atoms with Crippen LogP contribution in [-0.2, 0) is 4.74 Å². The molecule has 0 fully saturated rings. The Morgan fingerprint density at radius 2 is 1.67 bits per heavy atom. The quantitative estimate of drug-likeness (QED) is 0.571. The molecule has 1 nitrogen and oxygen atoms in total. The van der Waals surface area contributed by atoms with E-state index >= 15 is 0 Å². The van der Waals surface area contributed by atoms with E-state index in [2.05, 4.69) is 20.8 Å². The molecule has 0 saturated heterocycles. The second kappa shape index (κ2) is 7.60. The van der Waals surface area contributed by atoms with Gasteiger partial charge in [0.05, 0.1) is 0 Å². The Bertz CT molecular complexity index is 87.0. The molecule has 0 aromatic carbocycles. The lowest BCUT2D eigenvalue weighted by Crippen LogP contribution is -2.06. The highest BCUT2D eigenvalue weighted by Gasteiger charge is 2.06. The Morgan fingerprint density at radius 3 is 2.08 bits per heavy atom. The molecule has 0 heterocycles. The fourth-order valence-electron chi connectivity index (χ4n) is 1.58. The van der Waals surface area contributed by atoms with Gasteiger partial charge in [-0.1, -0.05) is 40.0 Å². The molecular formula is C11H24O. The highest BCUT2D eigenvalue weighted by molar-refractivity contribution is 4.58. The molecule has 0 aliphatic rings. The highest BCUT2D eigenvalue weighted by atomic mass is 16.5. The zero-order valence-corrected chi connectivity index (χ0v) is 9.10. The predicted molar refractivity (Wildman–Crippen MR) is 54.3 cm³/mol. The molecule has 0 aromatic heterocycles. The van der Waals surface area contributed by atoms with E-state index in [0.29, 0.717) is 0 Å². The minimum atomic E-state index is 0.732. The zero-order chi connectivity index (χ0) is 9.40. The van der Waals surface area contributed by atoms with Crippen LogP contribution in [0, 0.1) is 11.8 Å². The summed E-state index contributed by atoms with van der Waals surface area (Å²) in [6.07, 6.45) is 5.35. The van der Waals surface area contributed by atoms with Crippen molar-refractivity contribution in [3.8, 4) is 0 Å².